The molecule has 1 aliphatic carbocycles. The first-order valence-corrected chi connectivity index (χ1v) is 9.82. The minimum absolute atomic E-state index is 0.119. The normalized spacial score (nSPS) is 29.0. The number of aryl methyl sites for hydroxylation is 1. The second kappa shape index (κ2) is 5.75. The van der Waals surface area contributed by atoms with Crippen LogP contribution in [-0.4, -0.2) is 33.5 Å². The molecule has 5 rings (SSSR count). The van der Waals surface area contributed by atoms with Crippen molar-refractivity contribution in [3.8, 4) is 11.5 Å². The van der Waals surface area contributed by atoms with Gasteiger partial charge in [0, 0.05) is 28.8 Å². The minimum Gasteiger partial charge on any atom is -0.504 e. The molecule has 2 bridgehead atoms. The average Bonchev–Trinajstić information content (AvgIpc) is 2.96. The van der Waals surface area contributed by atoms with Crippen LogP contribution in [0.3, 0.4) is 0 Å². The fraction of sp³-hybridized carbons (Fsp3) is 0.391. The van der Waals surface area contributed by atoms with Gasteiger partial charge in [0.25, 0.3) is 0 Å². The molecule has 4 N–H and O–H groups in total. The van der Waals surface area contributed by atoms with E-state index < -0.39 is 11.0 Å². The summed E-state index contributed by atoms with van der Waals surface area (Å²) in [6.07, 6.45) is 1.71. The average molecular weight is 379 g/mol. The molecule has 2 aromatic carbocycles. The van der Waals surface area contributed by atoms with E-state index in [9.17, 15) is 15.3 Å². The van der Waals surface area contributed by atoms with Crippen molar-refractivity contribution in [2.45, 2.75) is 50.2 Å². The van der Waals surface area contributed by atoms with E-state index in [1.807, 2.05) is 44.2 Å². The Balaban J connectivity index is 1.75. The van der Waals surface area contributed by atoms with E-state index in [2.05, 4.69) is 5.32 Å². The number of nitrogens with one attached hydrogen (secondary N) is 1. The van der Waals surface area contributed by atoms with Gasteiger partial charge in [-0.1, -0.05) is 24.3 Å². The highest BCUT2D eigenvalue weighted by Gasteiger charge is 2.59. The molecule has 0 amide bonds. The number of rotatable bonds is 2. The summed E-state index contributed by atoms with van der Waals surface area (Å²) in [6, 6.07) is 11.2. The molecule has 1 saturated heterocycles. The Kier molecular flexibility index (Phi) is 3.61. The highest BCUT2D eigenvalue weighted by Crippen LogP contribution is 2.55. The molecule has 1 fully saturated rings. The number of aromatic hydroxyl groups is 2. The molecule has 0 spiro atoms. The van der Waals surface area contributed by atoms with Gasteiger partial charge in [-0.3, -0.25) is 0 Å². The Morgan fingerprint density at radius 3 is 2.75 bits per heavy atom. The van der Waals surface area contributed by atoms with Crippen molar-refractivity contribution in [3.05, 3.63) is 58.8 Å². The largest absolute Gasteiger partial charge is 0.504 e. The lowest BCUT2D eigenvalue weighted by Gasteiger charge is -2.57. The lowest BCUT2D eigenvalue weighted by molar-refractivity contribution is -0.0879. The van der Waals surface area contributed by atoms with E-state index >= 15 is 0 Å². The number of phenols is 2. The molecule has 28 heavy (non-hydrogen) atoms. The predicted molar refractivity (Wildman–Crippen MR) is 107 cm³/mol. The zero-order valence-electron chi connectivity index (χ0n) is 16.1. The third-order valence-corrected chi connectivity index (χ3v) is 7.14. The van der Waals surface area contributed by atoms with Crippen LogP contribution in [0.5, 0.6) is 11.5 Å². The van der Waals surface area contributed by atoms with Crippen LogP contribution in [0.4, 0.5) is 0 Å². The molecule has 146 valence electrons. The lowest BCUT2D eigenvalue weighted by atomic mass is 9.54. The van der Waals surface area contributed by atoms with Crippen molar-refractivity contribution in [2.24, 2.45) is 0 Å². The van der Waals surface area contributed by atoms with Crippen molar-refractivity contribution >= 4 is 11.0 Å². The highest BCUT2D eigenvalue weighted by atomic mass is 16.3. The van der Waals surface area contributed by atoms with E-state index in [1.165, 1.54) is 6.07 Å². The maximum absolute atomic E-state index is 11.7. The molecule has 3 unspecified atom stereocenters. The smallest absolute Gasteiger partial charge is 0.161 e. The van der Waals surface area contributed by atoms with Gasteiger partial charge in [0.1, 0.15) is 11.3 Å². The van der Waals surface area contributed by atoms with Gasteiger partial charge in [-0.25, -0.2) is 0 Å². The van der Waals surface area contributed by atoms with Crippen molar-refractivity contribution < 1.29 is 19.7 Å². The van der Waals surface area contributed by atoms with Crippen molar-refractivity contribution in [1.29, 1.82) is 0 Å². The number of piperidine rings is 1. The maximum Gasteiger partial charge on any atom is 0.161 e. The summed E-state index contributed by atoms with van der Waals surface area (Å²) in [5.74, 6) is 0.553. The van der Waals surface area contributed by atoms with Gasteiger partial charge < -0.3 is 25.1 Å². The number of para-hydroxylation sites is 1. The molecule has 2 heterocycles. The van der Waals surface area contributed by atoms with Crippen LogP contribution in [0.1, 0.15) is 35.8 Å². The van der Waals surface area contributed by atoms with Gasteiger partial charge in [-0.15, -0.1) is 0 Å². The summed E-state index contributed by atoms with van der Waals surface area (Å²) < 4.78 is 6.19. The Hall–Kier alpha value is -2.50. The molecule has 0 saturated carbocycles. The summed E-state index contributed by atoms with van der Waals surface area (Å²) >= 11 is 0. The standard InChI is InChI=1S/C23H25NO4/c1-13-15-5-3-4-6-17(15)28-18(13)12-23-9-10-24-19(22(23,2)27)11-14-7-8-16(25)21(26)20(14)23/h3-8,19,24-27H,9-12H2,1-2H3. The highest BCUT2D eigenvalue weighted by molar-refractivity contribution is 5.82. The van der Waals surface area contributed by atoms with Gasteiger partial charge >= 0.3 is 0 Å². The number of hydrogen-bond donors (Lipinski definition) is 4. The summed E-state index contributed by atoms with van der Waals surface area (Å²) in [5.41, 5.74) is 1.66. The van der Waals surface area contributed by atoms with E-state index in [0.29, 0.717) is 24.8 Å². The van der Waals surface area contributed by atoms with Gasteiger partial charge in [-0.2, -0.15) is 0 Å². The summed E-state index contributed by atoms with van der Waals surface area (Å²) in [7, 11) is 0. The summed E-state index contributed by atoms with van der Waals surface area (Å²) in [6.45, 7) is 4.61. The number of furan rings is 1. The van der Waals surface area contributed by atoms with Crippen molar-refractivity contribution in [2.75, 3.05) is 6.54 Å². The van der Waals surface area contributed by atoms with E-state index in [4.69, 9.17) is 4.42 Å². The van der Waals surface area contributed by atoms with Gasteiger partial charge in [0.2, 0.25) is 0 Å². The van der Waals surface area contributed by atoms with E-state index in [1.54, 1.807) is 0 Å². The molecule has 3 aromatic rings. The quantitative estimate of drug-likeness (QED) is 0.514. The summed E-state index contributed by atoms with van der Waals surface area (Å²) in [5, 5.41) is 37.3. The minimum atomic E-state index is -1.10. The maximum atomic E-state index is 11.7. The van der Waals surface area contributed by atoms with Crippen LogP contribution < -0.4 is 5.32 Å². The van der Waals surface area contributed by atoms with E-state index in [-0.39, 0.29) is 17.5 Å². The van der Waals surface area contributed by atoms with E-state index in [0.717, 1.165) is 34.4 Å². The fourth-order valence-corrected chi connectivity index (χ4v) is 5.46. The number of aliphatic hydroxyl groups is 1. The monoisotopic (exact) mass is 379 g/mol. The Morgan fingerprint density at radius 1 is 1.18 bits per heavy atom. The molecule has 1 aromatic heterocycles. The van der Waals surface area contributed by atoms with Crippen molar-refractivity contribution in [3.63, 3.8) is 0 Å². The molecule has 5 nitrogen and oxygen atoms in total. The van der Waals surface area contributed by atoms with Crippen LogP contribution in [0.15, 0.2) is 40.8 Å². The molecule has 0 radical (unpaired) electrons. The Bertz CT molecular complexity index is 1080. The van der Waals surface area contributed by atoms with Gasteiger partial charge in [0.05, 0.1) is 5.60 Å². The number of hydrogen-bond acceptors (Lipinski definition) is 5. The molecule has 5 heteroatoms. The lowest BCUT2D eigenvalue weighted by Crippen LogP contribution is -2.70. The third-order valence-electron chi connectivity index (χ3n) is 7.14. The third kappa shape index (κ3) is 2.14. The van der Waals surface area contributed by atoms with Crippen LogP contribution in [0.2, 0.25) is 0 Å². The second-order valence-corrected chi connectivity index (χ2v) is 8.48. The van der Waals surface area contributed by atoms with Gasteiger partial charge in [0.15, 0.2) is 11.5 Å². The topological polar surface area (TPSA) is 85.9 Å². The Labute approximate surface area is 163 Å². The molecule has 3 atom stereocenters. The first-order chi connectivity index (χ1) is 13.3. The van der Waals surface area contributed by atoms with Crippen LogP contribution >= 0.6 is 0 Å². The van der Waals surface area contributed by atoms with Crippen LogP contribution in [-0.2, 0) is 18.3 Å². The van der Waals surface area contributed by atoms with Crippen LogP contribution in [0, 0.1) is 6.92 Å². The molecule has 2 aliphatic rings. The zero-order chi connectivity index (χ0) is 19.7. The molecular weight excluding hydrogens is 354 g/mol. The number of fused-ring (bicyclic) bond motifs is 5. The fourth-order valence-electron chi connectivity index (χ4n) is 5.46. The zero-order valence-corrected chi connectivity index (χ0v) is 16.1. The number of phenolic OH excluding ortho intramolecular Hbond substituents is 2. The van der Waals surface area contributed by atoms with Crippen LogP contribution in [0.25, 0.3) is 11.0 Å². The van der Waals surface area contributed by atoms with Gasteiger partial charge in [-0.05, 0) is 56.5 Å². The molecular formula is C23H25NO4. The SMILES string of the molecule is Cc1c(CC23CCNC(Cc4ccc(O)c(O)c42)C3(C)O)oc2ccccc12. The second-order valence-electron chi connectivity index (χ2n) is 8.48. The summed E-state index contributed by atoms with van der Waals surface area (Å²) in [4.78, 5) is 0. The predicted octanol–water partition coefficient (Wildman–Crippen LogP) is 3.30. The number of benzene rings is 2. The van der Waals surface area contributed by atoms with Crippen molar-refractivity contribution in [1.82, 2.24) is 5.32 Å². The Morgan fingerprint density at radius 2 is 1.96 bits per heavy atom. The first-order valence-electron chi connectivity index (χ1n) is 9.82. The molecule has 1 aliphatic heterocycles. The first kappa shape index (κ1) is 17.6.